The van der Waals surface area contributed by atoms with Gasteiger partial charge in [-0.3, -0.25) is 9.69 Å². The Morgan fingerprint density at radius 2 is 2.14 bits per heavy atom. The molecule has 2 rings (SSSR count). The largest absolute Gasteiger partial charge is 0.399 e. The van der Waals surface area contributed by atoms with Gasteiger partial charge in [-0.05, 0) is 57.7 Å². The fraction of sp³-hybridized carbons (Fsp3) is 0.562. The summed E-state index contributed by atoms with van der Waals surface area (Å²) in [5.74, 6) is 0.0148. The van der Waals surface area contributed by atoms with Crippen molar-refractivity contribution in [3.8, 4) is 0 Å². The fourth-order valence-corrected chi connectivity index (χ4v) is 2.85. The first kappa shape index (κ1) is 15.8. The Kier molecular flexibility index (Phi) is 5.59. The summed E-state index contributed by atoms with van der Waals surface area (Å²) in [5.41, 5.74) is 7.13. The lowest BCUT2D eigenvalue weighted by molar-refractivity contribution is -0.117. The summed E-state index contributed by atoms with van der Waals surface area (Å²) in [7, 11) is 2.03. The first-order valence-electron chi connectivity index (χ1n) is 7.66. The van der Waals surface area contributed by atoms with E-state index >= 15 is 0 Å². The molecule has 1 heterocycles. The number of carbonyl (C=O) groups excluding carboxylic acids is 1. The molecule has 1 aliphatic heterocycles. The standard InChI is InChI=1S/C16H26N4O/c1-3-20-9-7-15(8-10-20)19(2)12-16(21)18-14-6-4-5-13(17)11-14/h4-6,11,15H,3,7-10,12,17H2,1-2H3,(H,18,21). The number of carbonyl (C=O) groups is 1. The molecular weight excluding hydrogens is 264 g/mol. The molecule has 5 nitrogen and oxygen atoms in total. The number of nitrogens with zero attached hydrogens (tertiary/aromatic N) is 2. The number of piperidine rings is 1. The second kappa shape index (κ2) is 7.43. The Bertz CT molecular complexity index is 469. The van der Waals surface area contributed by atoms with Crippen molar-refractivity contribution in [2.45, 2.75) is 25.8 Å². The van der Waals surface area contributed by atoms with Gasteiger partial charge in [0.2, 0.25) is 5.91 Å². The molecular formula is C16H26N4O. The zero-order valence-corrected chi connectivity index (χ0v) is 13.0. The second-order valence-electron chi connectivity index (χ2n) is 5.75. The molecule has 1 amide bonds. The van der Waals surface area contributed by atoms with Crippen LogP contribution in [-0.4, -0.2) is 55.0 Å². The molecule has 0 unspecified atom stereocenters. The van der Waals surface area contributed by atoms with Gasteiger partial charge in [0.1, 0.15) is 0 Å². The van der Waals surface area contributed by atoms with Crippen LogP contribution in [0.4, 0.5) is 11.4 Å². The van der Waals surface area contributed by atoms with Crippen LogP contribution in [0, 0.1) is 0 Å². The van der Waals surface area contributed by atoms with Crippen molar-refractivity contribution in [1.29, 1.82) is 0 Å². The molecule has 0 atom stereocenters. The summed E-state index contributed by atoms with van der Waals surface area (Å²) in [5, 5.41) is 2.90. The molecule has 1 fully saturated rings. The van der Waals surface area contributed by atoms with E-state index < -0.39 is 0 Å². The molecule has 116 valence electrons. The van der Waals surface area contributed by atoms with Gasteiger partial charge in [-0.1, -0.05) is 13.0 Å². The van der Waals surface area contributed by atoms with Crippen molar-refractivity contribution >= 4 is 17.3 Å². The second-order valence-corrected chi connectivity index (χ2v) is 5.75. The van der Waals surface area contributed by atoms with Gasteiger partial charge in [0.05, 0.1) is 6.54 Å². The number of rotatable bonds is 5. The number of anilines is 2. The summed E-state index contributed by atoms with van der Waals surface area (Å²) in [6, 6.07) is 7.78. The molecule has 0 saturated carbocycles. The average molecular weight is 290 g/mol. The van der Waals surface area contributed by atoms with E-state index in [0.717, 1.165) is 38.2 Å². The molecule has 1 aromatic rings. The van der Waals surface area contributed by atoms with Crippen LogP contribution in [0.1, 0.15) is 19.8 Å². The van der Waals surface area contributed by atoms with Gasteiger partial charge in [0.15, 0.2) is 0 Å². The lowest BCUT2D eigenvalue weighted by Crippen LogP contribution is -2.45. The maximum absolute atomic E-state index is 12.1. The number of benzene rings is 1. The highest BCUT2D eigenvalue weighted by atomic mass is 16.2. The van der Waals surface area contributed by atoms with Crippen LogP contribution in [-0.2, 0) is 4.79 Å². The van der Waals surface area contributed by atoms with Gasteiger partial charge >= 0.3 is 0 Å². The zero-order chi connectivity index (χ0) is 15.2. The van der Waals surface area contributed by atoms with Crippen LogP contribution >= 0.6 is 0 Å². The highest BCUT2D eigenvalue weighted by Gasteiger charge is 2.22. The van der Waals surface area contributed by atoms with E-state index in [0.29, 0.717) is 18.3 Å². The number of nitrogens with two attached hydrogens (primary N) is 1. The monoisotopic (exact) mass is 290 g/mol. The minimum absolute atomic E-state index is 0.0148. The van der Waals surface area contributed by atoms with Gasteiger partial charge in [0.25, 0.3) is 0 Å². The Balaban J connectivity index is 1.79. The van der Waals surface area contributed by atoms with Crippen LogP contribution in [0.3, 0.4) is 0 Å². The van der Waals surface area contributed by atoms with Crippen LogP contribution in [0.2, 0.25) is 0 Å². The minimum atomic E-state index is 0.0148. The Morgan fingerprint density at radius 3 is 2.76 bits per heavy atom. The highest BCUT2D eigenvalue weighted by molar-refractivity contribution is 5.92. The maximum atomic E-state index is 12.1. The van der Waals surface area contributed by atoms with Crippen LogP contribution < -0.4 is 11.1 Å². The normalized spacial score (nSPS) is 17.1. The Hall–Kier alpha value is -1.59. The predicted octanol–water partition coefficient (Wildman–Crippen LogP) is 1.62. The van der Waals surface area contributed by atoms with Gasteiger partial charge in [-0.25, -0.2) is 0 Å². The molecule has 0 spiro atoms. The van der Waals surface area contributed by atoms with Crippen LogP contribution in [0.15, 0.2) is 24.3 Å². The third-order valence-electron chi connectivity index (χ3n) is 4.19. The van der Waals surface area contributed by atoms with Crippen LogP contribution in [0.25, 0.3) is 0 Å². The topological polar surface area (TPSA) is 61.6 Å². The first-order chi connectivity index (χ1) is 10.1. The molecule has 1 saturated heterocycles. The lowest BCUT2D eigenvalue weighted by atomic mass is 10.0. The van der Waals surface area contributed by atoms with Crippen molar-refractivity contribution in [3.63, 3.8) is 0 Å². The average Bonchev–Trinajstić information content (AvgIpc) is 2.47. The number of likely N-dealkylation sites (N-methyl/N-ethyl adjacent to an activating group) is 1. The molecule has 21 heavy (non-hydrogen) atoms. The van der Waals surface area contributed by atoms with Crippen molar-refractivity contribution in [1.82, 2.24) is 9.80 Å². The van der Waals surface area contributed by atoms with Gasteiger partial charge in [-0.2, -0.15) is 0 Å². The molecule has 1 aliphatic rings. The Labute approximate surface area is 127 Å². The Morgan fingerprint density at radius 1 is 1.43 bits per heavy atom. The summed E-state index contributed by atoms with van der Waals surface area (Å²) in [4.78, 5) is 16.7. The molecule has 0 aliphatic carbocycles. The maximum Gasteiger partial charge on any atom is 0.238 e. The third kappa shape index (κ3) is 4.72. The van der Waals surface area contributed by atoms with E-state index in [1.54, 1.807) is 6.07 Å². The molecule has 1 aromatic carbocycles. The number of nitrogens with one attached hydrogen (secondary N) is 1. The quantitative estimate of drug-likeness (QED) is 0.809. The first-order valence-corrected chi connectivity index (χ1v) is 7.66. The molecule has 3 N–H and O–H groups in total. The van der Waals surface area contributed by atoms with E-state index in [9.17, 15) is 4.79 Å². The summed E-state index contributed by atoms with van der Waals surface area (Å²) < 4.78 is 0. The number of hydrogen-bond donors (Lipinski definition) is 2. The predicted molar refractivity (Wildman–Crippen MR) is 87.3 cm³/mol. The number of nitrogen functional groups attached to an aromatic ring is 1. The number of amides is 1. The van der Waals surface area contributed by atoms with Gasteiger partial charge < -0.3 is 16.0 Å². The number of hydrogen-bond acceptors (Lipinski definition) is 4. The van der Waals surface area contributed by atoms with Crippen molar-refractivity contribution in [2.24, 2.45) is 0 Å². The summed E-state index contributed by atoms with van der Waals surface area (Å²) >= 11 is 0. The van der Waals surface area contributed by atoms with Gasteiger partial charge in [0, 0.05) is 17.4 Å². The van der Waals surface area contributed by atoms with Gasteiger partial charge in [-0.15, -0.1) is 0 Å². The summed E-state index contributed by atoms with van der Waals surface area (Å²) in [6.45, 7) is 5.99. The highest BCUT2D eigenvalue weighted by Crippen LogP contribution is 2.16. The zero-order valence-electron chi connectivity index (χ0n) is 13.0. The van der Waals surface area contributed by atoms with Crippen molar-refractivity contribution in [2.75, 3.05) is 44.3 Å². The van der Waals surface area contributed by atoms with Crippen LogP contribution in [0.5, 0.6) is 0 Å². The van der Waals surface area contributed by atoms with E-state index in [2.05, 4.69) is 22.0 Å². The smallest absolute Gasteiger partial charge is 0.238 e. The van der Waals surface area contributed by atoms with E-state index in [1.807, 2.05) is 25.2 Å². The van der Waals surface area contributed by atoms with E-state index in [1.165, 1.54) is 0 Å². The fourth-order valence-electron chi connectivity index (χ4n) is 2.85. The molecule has 0 radical (unpaired) electrons. The van der Waals surface area contributed by atoms with E-state index in [-0.39, 0.29) is 5.91 Å². The summed E-state index contributed by atoms with van der Waals surface area (Å²) in [6.07, 6.45) is 2.27. The molecule has 5 heteroatoms. The lowest BCUT2D eigenvalue weighted by Gasteiger charge is -2.35. The third-order valence-corrected chi connectivity index (χ3v) is 4.19. The SMILES string of the molecule is CCN1CCC(N(C)CC(=O)Nc2cccc(N)c2)CC1. The number of likely N-dealkylation sites (tertiary alicyclic amines) is 1. The molecule has 0 bridgehead atoms. The molecule has 0 aromatic heterocycles. The van der Waals surface area contributed by atoms with Crippen molar-refractivity contribution in [3.05, 3.63) is 24.3 Å². The van der Waals surface area contributed by atoms with Crippen molar-refractivity contribution < 1.29 is 4.79 Å². The van der Waals surface area contributed by atoms with E-state index in [4.69, 9.17) is 5.73 Å². The minimum Gasteiger partial charge on any atom is -0.399 e.